The molecule has 0 N–H and O–H groups in total. The molecule has 0 unspecified atom stereocenters. The summed E-state index contributed by atoms with van der Waals surface area (Å²) in [5.41, 5.74) is 1.80. The molecule has 0 amide bonds. The van der Waals surface area contributed by atoms with E-state index in [4.69, 9.17) is 10.00 Å². The summed E-state index contributed by atoms with van der Waals surface area (Å²) in [6.07, 6.45) is 3.93. The van der Waals surface area contributed by atoms with E-state index in [1.54, 1.807) is 6.20 Å². The van der Waals surface area contributed by atoms with Gasteiger partial charge in [0.15, 0.2) is 0 Å². The third-order valence-electron chi connectivity index (χ3n) is 4.04. The first-order valence-corrected chi connectivity index (χ1v) is 9.51. The fraction of sp³-hybridized carbons (Fsp3) is 0.400. The fourth-order valence-electron chi connectivity index (χ4n) is 2.69. The van der Waals surface area contributed by atoms with E-state index in [-0.39, 0.29) is 0 Å². The molecule has 2 aromatic rings. The molecule has 0 radical (unpaired) electrons. The molecule has 1 aromatic carbocycles. The Hall–Kier alpha value is -1.90. The molecule has 3 rings (SSSR count). The summed E-state index contributed by atoms with van der Waals surface area (Å²) in [4.78, 5) is 6.61. The highest BCUT2D eigenvalue weighted by Gasteiger charge is 2.20. The van der Waals surface area contributed by atoms with Gasteiger partial charge in [-0.25, -0.2) is 4.98 Å². The smallest absolute Gasteiger partial charge is 0.128 e. The van der Waals surface area contributed by atoms with E-state index in [1.807, 2.05) is 38.1 Å². The monoisotopic (exact) mass is 401 g/mol. The van der Waals surface area contributed by atoms with Gasteiger partial charge in [0.05, 0.1) is 18.3 Å². The number of nitrogens with zero attached hydrogens (tertiary/aromatic N) is 3. The minimum atomic E-state index is 0.299. The molecule has 25 heavy (non-hydrogen) atoms. The van der Waals surface area contributed by atoms with Crippen LogP contribution in [-0.2, 0) is 11.3 Å². The summed E-state index contributed by atoms with van der Waals surface area (Å²) in [6.45, 7) is 6.53. The largest absolute Gasteiger partial charge is 0.373 e. The molecule has 1 aliphatic rings. The molecule has 1 fully saturated rings. The first-order valence-electron chi connectivity index (χ1n) is 8.72. The highest BCUT2D eigenvalue weighted by atomic mass is 79.9. The van der Waals surface area contributed by atoms with Crippen molar-refractivity contribution in [3.05, 3.63) is 58.2 Å². The predicted octanol–water partition coefficient (Wildman–Crippen LogP) is 4.93. The quantitative estimate of drug-likeness (QED) is 0.728. The summed E-state index contributed by atoms with van der Waals surface area (Å²) in [7, 11) is 0. The molecule has 132 valence electrons. The van der Waals surface area contributed by atoms with Crippen molar-refractivity contribution in [3.8, 4) is 6.07 Å². The van der Waals surface area contributed by atoms with Gasteiger partial charge in [-0.2, -0.15) is 5.26 Å². The number of pyridine rings is 1. The van der Waals surface area contributed by atoms with Crippen molar-refractivity contribution < 1.29 is 4.74 Å². The maximum Gasteiger partial charge on any atom is 0.128 e. The van der Waals surface area contributed by atoms with E-state index >= 15 is 0 Å². The topological polar surface area (TPSA) is 49.2 Å². The van der Waals surface area contributed by atoms with E-state index < -0.39 is 0 Å². The number of hydrogen-bond donors (Lipinski definition) is 0. The first kappa shape index (κ1) is 19.4. The molecule has 0 saturated carbocycles. The van der Waals surface area contributed by atoms with Gasteiger partial charge >= 0.3 is 0 Å². The van der Waals surface area contributed by atoms with Crippen LogP contribution < -0.4 is 4.90 Å². The van der Waals surface area contributed by atoms with Gasteiger partial charge in [-0.1, -0.05) is 41.9 Å². The van der Waals surface area contributed by atoms with Crippen LogP contribution in [0.5, 0.6) is 0 Å². The number of ether oxygens (including phenoxy) is 1. The minimum Gasteiger partial charge on any atom is -0.373 e. The molecule has 0 bridgehead atoms. The van der Waals surface area contributed by atoms with Crippen LogP contribution >= 0.6 is 15.9 Å². The maximum atomic E-state index is 8.82. The average Bonchev–Trinajstić information content (AvgIpc) is 2.70. The SMILES string of the molecule is CC.N#Cc1ccc(N2CCC(OCc3ccc(Br)cc3)CC2)nc1. The summed E-state index contributed by atoms with van der Waals surface area (Å²) < 4.78 is 7.11. The highest BCUT2D eigenvalue weighted by Crippen LogP contribution is 2.21. The number of piperidine rings is 1. The van der Waals surface area contributed by atoms with Crippen molar-refractivity contribution in [1.29, 1.82) is 5.26 Å². The molecular weight excluding hydrogens is 378 g/mol. The summed E-state index contributed by atoms with van der Waals surface area (Å²) in [5, 5.41) is 8.82. The zero-order valence-electron chi connectivity index (χ0n) is 14.8. The number of benzene rings is 1. The molecule has 1 aromatic heterocycles. The second-order valence-corrected chi connectivity index (χ2v) is 6.56. The fourth-order valence-corrected chi connectivity index (χ4v) is 2.95. The maximum absolute atomic E-state index is 8.82. The van der Waals surface area contributed by atoms with Gasteiger partial charge in [0, 0.05) is 23.8 Å². The Morgan fingerprint density at radius 3 is 2.40 bits per heavy atom. The second kappa shape index (κ2) is 10.2. The van der Waals surface area contributed by atoms with Crippen LogP contribution in [0.2, 0.25) is 0 Å². The van der Waals surface area contributed by atoms with Crippen molar-refractivity contribution in [2.45, 2.75) is 39.4 Å². The van der Waals surface area contributed by atoms with E-state index in [0.29, 0.717) is 18.3 Å². The number of halogens is 1. The molecule has 0 atom stereocenters. The second-order valence-electron chi connectivity index (χ2n) is 5.64. The van der Waals surface area contributed by atoms with Crippen LogP contribution in [0.15, 0.2) is 47.1 Å². The number of anilines is 1. The standard InChI is InChI=1S/C18H18BrN3O.C2H6/c19-16-4-1-14(2-5-16)13-23-17-7-9-22(10-8-17)18-6-3-15(11-20)12-21-18;1-2/h1-6,12,17H,7-10,13H2;1-2H3. The van der Waals surface area contributed by atoms with Crippen molar-refractivity contribution in [1.82, 2.24) is 4.98 Å². The molecule has 2 heterocycles. The molecule has 1 aliphatic heterocycles. The lowest BCUT2D eigenvalue weighted by Gasteiger charge is -2.32. The minimum absolute atomic E-state index is 0.299. The number of hydrogen-bond acceptors (Lipinski definition) is 4. The van der Waals surface area contributed by atoms with Gasteiger partial charge in [-0.3, -0.25) is 0 Å². The van der Waals surface area contributed by atoms with Crippen molar-refractivity contribution in [2.24, 2.45) is 0 Å². The van der Waals surface area contributed by atoms with Gasteiger partial charge in [-0.15, -0.1) is 0 Å². The van der Waals surface area contributed by atoms with Crippen molar-refractivity contribution in [2.75, 3.05) is 18.0 Å². The molecule has 5 heteroatoms. The van der Waals surface area contributed by atoms with E-state index in [9.17, 15) is 0 Å². The Bertz CT molecular complexity index is 672. The van der Waals surface area contributed by atoms with Crippen molar-refractivity contribution >= 4 is 21.7 Å². The Morgan fingerprint density at radius 2 is 1.84 bits per heavy atom. The van der Waals surface area contributed by atoms with Crippen LogP contribution in [0, 0.1) is 11.3 Å². The zero-order chi connectivity index (χ0) is 18.1. The Balaban J connectivity index is 0.00000109. The number of nitriles is 1. The Morgan fingerprint density at radius 1 is 1.16 bits per heavy atom. The van der Waals surface area contributed by atoms with Crippen LogP contribution in [-0.4, -0.2) is 24.2 Å². The van der Waals surface area contributed by atoms with Crippen LogP contribution in [0.1, 0.15) is 37.8 Å². The predicted molar refractivity (Wildman–Crippen MR) is 104 cm³/mol. The van der Waals surface area contributed by atoms with Crippen LogP contribution in [0.25, 0.3) is 0 Å². The number of rotatable bonds is 4. The molecule has 4 nitrogen and oxygen atoms in total. The lowest BCUT2D eigenvalue weighted by atomic mass is 10.1. The summed E-state index contributed by atoms with van der Waals surface area (Å²) in [6, 6.07) is 14.1. The van der Waals surface area contributed by atoms with Gasteiger partial charge in [0.2, 0.25) is 0 Å². The van der Waals surface area contributed by atoms with Gasteiger partial charge in [0.1, 0.15) is 11.9 Å². The third-order valence-corrected chi connectivity index (χ3v) is 4.57. The lowest BCUT2D eigenvalue weighted by Crippen LogP contribution is -2.37. The lowest BCUT2D eigenvalue weighted by molar-refractivity contribution is 0.0250. The highest BCUT2D eigenvalue weighted by molar-refractivity contribution is 9.10. The van der Waals surface area contributed by atoms with Crippen LogP contribution in [0.4, 0.5) is 5.82 Å². The molecule has 0 spiro atoms. The Kier molecular flexibility index (Phi) is 7.90. The molecule has 1 saturated heterocycles. The zero-order valence-corrected chi connectivity index (χ0v) is 16.4. The molecular formula is C20H24BrN3O. The van der Waals surface area contributed by atoms with Gasteiger partial charge in [-0.05, 0) is 42.7 Å². The van der Waals surface area contributed by atoms with E-state index in [0.717, 1.165) is 36.2 Å². The summed E-state index contributed by atoms with van der Waals surface area (Å²) in [5.74, 6) is 0.940. The van der Waals surface area contributed by atoms with E-state index in [2.05, 4.69) is 44.0 Å². The third kappa shape index (κ3) is 5.84. The van der Waals surface area contributed by atoms with Gasteiger partial charge < -0.3 is 9.64 Å². The number of aromatic nitrogens is 1. The molecule has 0 aliphatic carbocycles. The van der Waals surface area contributed by atoms with Gasteiger partial charge in [0.25, 0.3) is 0 Å². The van der Waals surface area contributed by atoms with E-state index in [1.165, 1.54) is 5.56 Å². The Labute approximate surface area is 158 Å². The normalized spacial score (nSPS) is 14.4. The van der Waals surface area contributed by atoms with Crippen LogP contribution in [0.3, 0.4) is 0 Å². The van der Waals surface area contributed by atoms with Crippen molar-refractivity contribution in [3.63, 3.8) is 0 Å². The summed E-state index contributed by atoms with van der Waals surface area (Å²) >= 11 is 3.44. The first-order chi connectivity index (χ1) is 12.2. The average molecular weight is 402 g/mol.